The molecule has 1 aliphatic rings. The maximum absolute atomic E-state index is 13.2. The van der Waals surface area contributed by atoms with E-state index in [9.17, 15) is 9.59 Å². The fourth-order valence-corrected chi connectivity index (χ4v) is 9.09. The van der Waals surface area contributed by atoms with E-state index < -0.39 is 0 Å². The number of amidine groups is 1. The van der Waals surface area contributed by atoms with Crippen LogP contribution < -0.4 is 10.6 Å². The Morgan fingerprint density at radius 1 is 0.431 bits per heavy atom. The average Bonchev–Trinajstić information content (AvgIpc) is 3.74. The molecule has 0 spiro atoms. The number of nitrogens with zero attached hydrogens (tertiary/aromatic N) is 2. The lowest BCUT2D eigenvalue weighted by Gasteiger charge is -2.28. The SMILES string of the molecule is CCCCCCCC/C=C\CCCCCCCCC1=NCCN1CC(NC(=O)CCCCCCC/C=C\CCCCCCCC)NC(=O)CCCCCCC/C=C\CCCCCCCC. The highest BCUT2D eigenvalue weighted by Crippen LogP contribution is 2.16. The Morgan fingerprint density at radius 3 is 1.06 bits per heavy atom. The predicted octanol–water partition coefficient (Wildman–Crippen LogP) is 17.8. The van der Waals surface area contributed by atoms with Gasteiger partial charge in [-0.05, 0) is 96.3 Å². The number of hydrogen-bond acceptors (Lipinski definition) is 4. The van der Waals surface area contributed by atoms with Crippen LogP contribution in [0, 0.1) is 0 Å². The number of hydrogen-bond donors (Lipinski definition) is 2. The van der Waals surface area contributed by atoms with Gasteiger partial charge in [0.2, 0.25) is 11.8 Å². The molecule has 6 nitrogen and oxygen atoms in total. The van der Waals surface area contributed by atoms with Gasteiger partial charge in [-0.2, -0.15) is 0 Å². The minimum Gasteiger partial charge on any atom is -0.355 e. The van der Waals surface area contributed by atoms with Gasteiger partial charge in [0.15, 0.2) is 0 Å². The van der Waals surface area contributed by atoms with Gasteiger partial charge < -0.3 is 15.5 Å². The van der Waals surface area contributed by atoms with Crippen LogP contribution in [0.1, 0.15) is 297 Å². The molecule has 65 heavy (non-hydrogen) atoms. The van der Waals surface area contributed by atoms with Crippen molar-refractivity contribution in [2.75, 3.05) is 19.6 Å². The van der Waals surface area contributed by atoms with Crippen LogP contribution in [0.5, 0.6) is 0 Å². The molecule has 1 aliphatic heterocycles. The molecule has 1 heterocycles. The fraction of sp³-hybridized carbons (Fsp3) is 0.847. The van der Waals surface area contributed by atoms with Crippen molar-refractivity contribution >= 4 is 17.6 Å². The van der Waals surface area contributed by atoms with Crippen molar-refractivity contribution in [2.24, 2.45) is 4.99 Å². The van der Waals surface area contributed by atoms with Crippen LogP contribution in [0.3, 0.4) is 0 Å². The van der Waals surface area contributed by atoms with Gasteiger partial charge in [-0.1, -0.05) is 218 Å². The number of rotatable bonds is 50. The molecule has 6 heteroatoms. The summed E-state index contributed by atoms with van der Waals surface area (Å²) >= 11 is 0. The fourth-order valence-electron chi connectivity index (χ4n) is 9.09. The molecule has 0 bridgehead atoms. The van der Waals surface area contributed by atoms with Crippen LogP contribution in [0.25, 0.3) is 0 Å². The van der Waals surface area contributed by atoms with E-state index in [1.807, 2.05) is 0 Å². The monoisotopic (exact) mass is 907 g/mol. The normalized spacial score (nSPS) is 13.1. The minimum atomic E-state index is -0.385. The Kier molecular flexibility index (Phi) is 46.2. The second kappa shape index (κ2) is 49.5. The van der Waals surface area contributed by atoms with Crippen molar-refractivity contribution in [3.63, 3.8) is 0 Å². The van der Waals surface area contributed by atoms with Gasteiger partial charge in [0, 0.05) is 25.8 Å². The van der Waals surface area contributed by atoms with E-state index in [2.05, 4.69) is 72.8 Å². The van der Waals surface area contributed by atoms with Crippen LogP contribution in [0.4, 0.5) is 0 Å². The highest BCUT2D eigenvalue weighted by molar-refractivity contribution is 5.84. The number of unbranched alkanes of at least 4 members (excludes halogenated alkanes) is 34. The van der Waals surface area contributed by atoms with Crippen molar-refractivity contribution in [2.45, 2.75) is 303 Å². The van der Waals surface area contributed by atoms with Crippen LogP contribution >= 0.6 is 0 Å². The van der Waals surface area contributed by atoms with E-state index in [1.54, 1.807) is 0 Å². The van der Waals surface area contributed by atoms with Gasteiger partial charge >= 0.3 is 0 Å². The topological polar surface area (TPSA) is 73.8 Å². The molecular formula is C59H110N4O2. The van der Waals surface area contributed by atoms with E-state index in [0.29, 0.717) is 19.4 Å². The number of carbonyl (C=O) groups is 2. The smallest absolute Gasteiger partial charge is 0.221 e. The molecule has 2 N–H and O–H groups in total. The summed E-state index contributed by atoms with van der Waals surface area (Å²) in [5.41, 5.74) is 0. The molecule has 0 saturated heterocycles. The number of allylic oxidation sites excluding steroid dienone is 6. The zero-order valence-corrected chi connectivity index (χ0v) is 43.8. The summed E-state index contributed by atoms with van der Waals surface area (Å²) in [5, 5.41) is 6.47. The standard InChI is InChI=1S/C59H110N4O2/c1-4-7-10-13-16-19-22-25-28-31-32-35-38-41-44-47-50-57-60-53-54-63(57)55-56(61-58(64)51-48-45-42-39-36-33-29-26-23-20-17-14-11-8-5-2)62-59(65)52-49-46-43-40-37-34-30-27-24-21-18-15-12-9-6-3/h25-30,56H,4-24,31-55H2,1-3H3,(H,61,64)(H,62,65)/b28-25-,29-26-,30-27-. The maximum Gasteiger partial charge on any atom is 0.221 e. The first kappa shape index (κ1) is 60.6. The van der Waals surface area contributed by atoms with Crippen LogP contribution in [-0.4, -0.2) is 48.3 Å². The lowest BCUT2D eigenvalue weighted by atomic mass is 10.1. The van der Waals surface area contributed by atoms with Crippen molar-refractivity contribution in [1.82, 2.24) is 15.5 Å². The Labute approximate surface area is 405 Å². The lowest BCUT2D eigenvalue weighted by Crippen LogP contribution is -2.54. The van der Waals surface area contributed by atoms with Gasteiger partial charge in [0.1, 0.15) is 6.17 Å². The maximum atomic E-state index is 13.2. The molecule has 0 aromatic carbocycles. The number of nitrogens with one attached hydrogen (secondary N) is 2. The number of amides is 2. The Morgan fingerprint density at radius 2 is 0.723 bits per heavy atom. The second-order valence-corrected chi connectivity index (χ2v) is 19.8. The average molecular weight is 908 g/mol. The van der Waals surface area contributed by atoms with Crippen molar-refractivity contribution < 1.29 is 9.59 Å². The highest BCUT2D eigenvalue weighted by atomic mass is 16.2. The molecule has 0 fully saturated rings. The number of carbonyl (C=O) groups excluding carboxylic acids is 2. The molecule has 0 radical (unpaired) electrons. The third-order valence-electron chi connectivity index (χ3n) is 13.3. The Hall–Kier alpha value is -2.37. The molecule has 0 aromatic rings. The summed E-state index contributed by atoms with van der Waals surface area (Å²) in [4.78, 5) is 33.7. The summed E-state index contributed by atoms with van der Waals surface area (Å²) in [7, 11) is 0. The third-order valence-corrected chi connectivity index (χ3v) is 13.3. The summed E-state index contributed by atoms with van der Waals surface area (Å²) in [6.45, 7) is 9.11. The van der Waals surface area contributed by atoms with Crippen LogP contribution in [0.15, 0.2) is 41.4 Å². The van der Waals surface area contributed by atoms with Gasteiger partial charge in [0.25, 0.3) is 0 Å². The molecule has 2 amide bonds. The second-order valence-electron chi connectivity index (χ2n) is 19.8. The summed E-state index contributed by atoms with van der Waals surface area (Å²) in [6.07, 6.45) is 66.8. The van der Waals surface area contributed by atoms with Crippen molar-refractivity contribution in [3.8, 4) is 0 Å². The number of aliphatic imine (C=N–C) groups is 1. The van der Waals surface area contributed by atoms with Gasteiger partial charge in [0.05, 0.1) is 18.9 Å². The van der Waals surface area contributed by atoms with Gasteiger partial charge in [-0.25, -0.2) is 0 Å². The summed E-state index contributed by atoms with van der Waals surface area (Å²) < 4.78 is 0. The molecule has 0 saturated carbocycles. The molecule has 0 aliphatic carbocycles. The first-order chi connectivity index (χ1) is 32.1. The van der Waals surface area contributed by atoms with E-state index in [1.165, 1.54) is 225 Å². The zero-order valence-electron chi connectivity index (χ0n) is 43.8. The largest absolute Gasteiger partial charge is 0.355 e. The Bertz CT molecular complexity index is 1110. The first-order valence-corrected chi connectivity index (χ1v) is 28.9. The van der Waals surface area contributed by atoms with Gasteiger partial charge in [-0.15, -0.1) is 0 Å². The predicted molar refractivity (Wildman–Crippen MR) is 287 cm³/mol. The summed E-state index contributed by atoms with van der Waals surface area (Å²) in [6, 6.07) is 0. The third kappa shape index (κ3) is 42.7. The minimum absolute atomic E-state index is 0.0555. The molecule has 378 valence electrons. The molecule has 0 aromatic heterocycles. The quantitative estimate of drug-likeness (QED) is 0.0363. The molecule has 0 unspecified atom stereocenters. The van der Waals surface area contributed by atoms with Crippen molar-refractivity contribution in [3.05, 3.63) is 36.5 Å². The highest BCUT2D eigenvalue weighted by Gasteiger charge is 2.23. The first-order valence-electron chi connectivity index (χ1n) is 28.9. The molecular weight excluding hydrogens is 797 g/mol. The van der Waals surface area contributed by atoms with Crippen molar-refractivity contribution in [1.29, 1.82) is 0 Å². The molecule has 1 rings (SSSR count). The van der Waals surface area contributed by atoms with E-state index in [4.69, 9.17) is 4.99 Å². The summed E-state index contributed by atoms with van der Waals surface area (Å²) in [5.74, 6) is 1.27. The van der Waals surface area contributed by atoms with Gasteiger partial charge in [-0.3, -0.25) is 14.6 Å². The lowest BCUT2D eigenvalue weighted by molar-refractivity contribution is -0.124. The van der Waals surface area contributed by atoms with Crippen LogP contribution in [0.2, 0.25) is 0 Å². The Balaban J connectivity index is 2.39. The van der Waals surface area contributed by atoms with E-state index in [0.717, 1.165) is 57.5 Å². The zero-order chi connectivity index (χ0) is 46.8. The van der Waals surface area contributed by atoms with E-state index in [-0.39, 0.29) is 18.0 Å². The van der Waals surface area contributed by atoms with Crippen LogP contribution in [-0.2, 0) is 9.59 Å². The molecule has 0 atom stereocenters. The van der Waals surface area contributed by atoms with E-state index >= 15 is 0 Å².